The molecule has 1 saturated carbocycles. The SMILES string of the molecule is CCC(C)c1ccc(C(=O)C2CCCC2(C)C)cc1. The van der Waals surface area contributed by atoms with Gasteiger partial charge in [0.2, 0.25) is 0 Å². The minimum atomic E-state index is 0.173. The molecule has 1 aliphatic carbocycles. The van der Waals surface area contributed by atoms with Gasteiger partial charge in [-0.1, -0.05) is 58.4 Å². The summed E-state index contributed by atoms with van der Waals surface area (Å²) in [4.78, 5) is 12.6. The third kappa shape index (κ3) is 2.91. The number of ketones is 1. The van der Waals surface area contributed by atoms with Crippen LogP contribution >= 0.6 is 0 Å². The molecule has 1 heteroatoms. The van der Waals surface area contributed by atoms with Gasteiger partial charge in [0.1, 0.15) is 0 Å². The molecule has 0 bridgehead atoms. The molecular weight excluding hydrogens is 232 g/mol. The Bertz CT molecular complexity index is 441. The quantitative estimate of drug-likeness (QED) is 0.678. The van der Waals surface area contributed by atoms with Gasteiger partial charge in [-0.2, -0.15) is 0 Å². The Kier molecular flexibility index (Phi) is 4.13. The van der Waals surface area contributed by atoms with Crippen LogP contribution in [0.2, 0.25) is 0 Å². The van der Waals surface area contributed by atoms with E-state index in [0.717, 1.165) is 18.4 Å². The second kappa shape index (κ2) is 5.48. The molecule has 0 spiro atoms. The third-order valence-corrected chi connectivity index (χ3v) is 4.95. The molecule has 2 atom stereocenters. The second-order valence-corrected chi connectivity index (χ2v) is 6.73. The molecule has 0 N–H and O–H groups in total. The standard InChI is InChI=1S/C18H26O/c1-5-13(2)14-8-10-15(11-9-14)17(19)16-7-6-12-18(16,3)4/h8-11,13,16H,5-7,12H2,1-4H3. The molecule has 1 aliphatic rings. The van der Waals surface area contributed by atoms with Gasteiger partial charge in [-0.05, 0) is 36.2 Å². The molecule has 1 fully saturated rings. The fourth-order valence-electron chi connectivity index (χ4n) is 3.23. The molecule has 2 rings (SSSR count). The highest BCUT2D eigenvalue weighted by molar-refractivity contribution is 5.98. The molecule has 0 radical (unpaired) electrons. The normalized spacial score (nSPS) is 23.3. The Morgan fingerprint density at radius 3 is 2.42 bits per heavy atom. The van der Waals surface area contributed by atoms with Crippen molar-refractivity contribution < 1.29 is 4.79 Å². The summed E-state index contributed by atoms with van der Waals surface area (Å²) in [5, 5.41) is 0. The van der Waals surface area contributed by atoms with Crippen LogP contribution in [0.15, 0.2) is 24.3 Å². The summed E-state index contributed by atoms with van der Waals surface area (Å²) in [6.45, 7) is 8.90. The van der Waals surface area contributed by atoms with Crippen LogP contribution in [0.25, 0.3) is 0 Å². The fraction of sp³-hybridized carbons (Fsp3) is 0.611. The van der Waals surface area contributed by atoms with Gasteiger partial charge in [-0.3, -0.25) is 4.79 Å². The van der Waals surface area contributed by atoms with E-state index in [0.29, 0.717) is 11.7 Å². The van der Waals surface area contributed by atoms with Gasteiger partial charge in [0.15, 0.2) is 5.78 Å². The van der Waals surface area contributed by atoms with E-state index in [4.69, 9.17) is 0 Å². The zero-order chi connectivity index (χ0) is 14.0. The summed E-state index contributed by atoms with van der Waals surface area (Å²) < 4.78 is 0. The van der Waals surface area contributed by atoms with Crippen molar-refractivity contribution in [1.82, 2.24) is 0 Å². The van der Waals surface area contributed by atoms with Crippen molar-refractivity contribution in [2.75, 3.05) is 0 Å². The second-order valence-electron chi connectivity index (χ2n) is 6.73. The van der Waals surface area contributed by atoms with Crippen LogP contribution in [-0.2, 0) is 0 Å². The highest BCUT2D eigenvalue weighted by atomic mass is 16.1. The van der Waals surface area contributed by atoms with E-state index in [1.807, 2.05) is 12.1 Å². The summed E-state index contributed by atoms with van der Waals surface area (Å²) in [6.07, 6.45) is 4.56. The molecule has 19 heavy (non-hydrogen) atoms. The Morgan fingerprint density at radius 2 is 1.95 bits per heavy atom. The monoisotopic (exact) mass is 258 g/mol. The average molecular weight is 258 g/mol. The summed E-state index contributed by atoms with van der Waals surface area (Å²) in [5.41, 5.74) is 2.41. The van der Waals surface area contributed by atoms with Gasteiger partial charge in [0, 0.05) is 11.5 Å². The van der Waals surface area contributed by atoms with Crippen molar-refractivity contribution in [3.8, 4) is 0 Å². The van der Waals surface area contributed by atoms with Crippen LogP contribution in [0, 0.1) is 11.3 Å². The number of benzene rings is 1. The maximum Gasteiger partial charge on any atom is 0.166 e. The van der Waals surface area contributed by atoms with E-state index in [9.17, 15) is 4.79 Å². The lowest BCUT2D eigenvalue weighted by molar-refractivity contribution is 0.0839. The Labute approximate surface area is 117 Å². The Morgan fingerprint density at radius 1 is 1.32 bits per heavy atom. The lowest BCUT2D eigenvalue weighted by Crippen LogP contribution is -2.25. The fourth-order valence-corrected chi connectivity index (χ4v) is 3.23. The zero-order valence-corrected chi connectivity index (χ0v) is 12.7. The van der Waals surface area contributed by atoms with Crippen molar-refractivity contribution in [2.45, 2.75) is 59.3 Å². The summed E-state index contributed by atoms with van der Waals surface area (Å²) in [7, 11) is 0. The summed E-state index contributed by atoms with van der Waals surface area (Å²) >= 11 is 0. The van der Waals surface area contributed by atoms with Gasteiger partial charge in [0.05, 0.1) is 0 Å². The Hall–Kier alpha value is -1.11. The first kappa shape index (κ1) is 14.3. The third-order valence-electron chi connectivity index (χ3n) is 4.95. The smallest absolute Gasteiger partial charge is 0.166 e. The van der Waals surface area contributed by atoms with E-state index < -0.39 is 0 Å². The molecule has 0 saturated heterocycles. The largest absolute Gasteiger partial charge is 0.294 e. The van der Waals surface area contributed by atoms with E-state index in [-0.39, 0.29) is 11.3 Å². The van der Waals surface area contributed by atoms with Crippen LogP contribution in [0.5, 0.6) is 0 Å². The molecule has 1 aromatic carbocycles. The van der Waals surface area contributed by atoms with Gasteiger partial charge in [0.25, 0.3) is 0 Å². The van der Waals surface area contributed by atoms with Gasteiger partial charge in [-0.15, -0.1) is 0 Å². The van der Waals surface area contributed by atoms with E-state index in [2.05, 4.69) is 39.8 Å². The number of rotatable bonds is 4. The minimum absolute atomic E-state index is 0.173. The molecule has 0 heterocycles. The van der Waals surface area contributed by atoms with Gasteiger partial charge in [-0.25, -0.2) is 0 Å². The van der Waals surface area contributed by atoms with Crippen molar-refractivity contribution in [3.63, 3.8) is 0 Å². The molecule has 1 nitrogen and oxygen atoms in total. The van der Waals surface area contributed by atoms with Crippen LogP contribution < -0.4 is 0 Å². The van der Waals surface area contributed by atoms with Crippen molar-refractivity contribution in [2.24, 2.45) is 11.3 Å². The minimum Gasteiger partial charge on any atom is -0.294 e. The van der Waals surface area contributed by atoms with Gasteiger partial charge >= 0.3 is 0 Å². The average Bonchev–Trinajstić information content (AvgIpc) is 2.77. The highest BCUT2D eigenvalue weighted by Crippen LogP contribution is 2.44. The molecule has 1 aromatic rings. The molecule has 2 unspecified atom stereocenters. The van der Waals surface area contributed by atoms with Crippen molar-refractivity contribution in [1.29, 1.82) is 0 Å². The molecule has 0 aliphatic heterocycles. The predicted molar refractivity (Wildman–Crippen MR) is 80.6 cm³/mol. The van der Waals surface area contributed by atoms with Crippen molar-refractivity contribution in [3.05, 3.63) is 35.4 Å². The van der Waals surface area contributed by atoms with Crippen LogP contribution in [0.1, 0.15) is 75.2 Å². The van der Waals surface area contributed by atoms with Gasteiger partial charge < -0.3 is 0 Å². The summed E-state index contributed by atoms with van der Waals surface area (Å²) in [5.74, 6) is 1.13. The molecule has 104 valence electrons. The Balaban J connectivity index is 2.16. The van der Waals surface area contributed by atoms with Crippen molar-refractivity contribution >= 4 is 5.78 Å². The number of carbonyl (C=O) groups excluding carboxylic acids is 1. The van der Waals surface area contributed by atoms with E-state index >= 15 is 0 Å². The molecule has 0 aromatic heterocycles. The van der Waals surface area contributed by atoms with E-state index in [1.165, 1.54) is 18.4 Å². The first-order chi connectivity index (χ1) is 8.95. The summed E-state index contributed by atoms with van der Waals surface area (Å²) in [6, 6.07) is 8.31. The van der Waals surface area contributed by atoms with Crippen LogP contribution in [-0.4, -0.2) is 5.78 Å². The molecule has 0 amide bonds. The van der Waals surface area contributed by atoms with Crippen LogP contribution in [0.3, 0.4) is 0 Å². The predicted octanol–water partition coefficient (Wildman–Crippen LogP) is 5.21. The highest BCUT2D eigenvalue weighted by Gasteiger charge is 2.39. The maximum absolute atomic E-state index is 12.6. The molecular formula is C18H26O. The lowest BCUT2D eigenvalue weighted by atomic mass is 9.77. The van der Waals surface area contributed by atoms with E-state index in [1.54, 1.807) is 0 Å². The maximum atomic E-state index is 12.6. The number of carbonyl (C=O) groups is 1. The first-order valence-corrected chi connectivity index (χ1v) is 7.60. The number of Topliss-reactive ketones (excluding diaryl/α,β-unsaturated/α-hetero) is 1. The zero-order valence-electron chi connectivity index (χ0n) is 12.7. The van der Waals surface area contributed by atoms with Crippen LogP contribution in [0.4, 0.5) is 0 Å². The topological polar surface area (TPSA) is 17.1 Å². The first-order valence-electron chi connectivity index (χ1n) is 7.60. The number of hydrogen-bond donors (Lipinski definition) is 0. The lowest BCUT2D eigenvalue weighted by Gasteiger charge is -2.25. The number of hydrogen-bond acceptors (Lipinski definition) is 1.